The van der Waals surface area contributed by atoms with Gasteiger partial charge in [0.25, 0.3) is 0 Å². The lowest BCUT2D eigenvalue weighted by atomic mass is 10.1. The molecule has 0 aliphatic heterocycles. The zero-order valence-corrected chi connectivity index (χ0v) is 12.6. The van der Waals surface area contributed by atoms with Gasteiger partial charge in [-0.05, 0) is 35.8 Å². The number of oxime groups is 1. The molecule has 3 N–H and O–H groups in total. The number of hydrogen-bond acceptors (Lipinski definition) is 3. The minimum absolute atomic E-state index is 0.0746. The Morgan fingerprint density at radius 3 is 2.75 bits per heavy atom. The van der Waals surface area contributed by atoms with E-state index in [1.54, 1.807) is 16.8 Å². The standard InChI is InChI=1S/C13H14BrFN4O/c1-7-11(14)8(2)19(17-7)6-9-4-3-5-10(12(9)15)13(16)18-20/h3-5,20H,6H2,1-2H3,(H2,16,18). The van der Waals surface area contributed by atoms with Crippen LogP contribution in [0.15, 0.2) is 27.8 Å². The minimum Gasteiger partial charge on any atom is -0.409 e. The van der Waals surface area contributed by atoms with Gasteiger partial charge in [0.05, 0.1) is 28.0 Å². The average Bonchev–Trinajstić information content (AvgIpc) is 2.68. The van der Waals surface area contributed by atoms with Gasteiger partial charge < -0.3 is 10.9 Å². The number of rotatable bonds is 3. The quantitative estimate of drug-likeness (QED) is 0.390. The summed E-state index contributed by atoms with van der Waals surface area (Å²) in [5.74, 6) is -0.759. The van der Waals surface area contributed by atoms with Crippen molar-refractivity contribution in [2.45, 2.75) is 20.4 Å². The summed E-state index contributed by atoms with van der Waals surface area (Å²) in [6.45, 7) is 4.04. The molecule has 20 heavy (non-hydrogen) atoms. The lowest BCUT2D eigenvalue weighted by Gasteiger charge is -2.09. The Hall–Kier alpha value is -1.89. The van der Waals surface area contributed by atoms with Gasteiger partial charge in [0.1, 0.15) is 5.82 Å². The zero-order valence-electron chi connectivity index (χ0n) is 11.1. The Morgan fingerprint density at radius 2 is 2.20 bits per heavy atom. The van der Waals surface area contributed by atoms with E-state index in [0.29, 0.717) is 5.56 Å². The van der Waals surface area contributed by atoms with Crippen molar-refractivity contribution < 1.29 is 9.60 Å². The van der Waals surface area contributed by atoms with Gasteiger partial charge in [-0.15, -0.1) is 0 Å². The van der Waals surface area contributed by atoms with E-state index in [4.69, 9.17) is 10.9 Å². The first kappa shape index (κ1) is 14.5. The Balaban J connectivity index is 2.42. The van der Waals surface area contributed by atoms with Crippen LogP contribution >= 0.6 is 15.9 Å². The lowest BCUT2D eigenvalue weighted by Crippen LogP contribution is -2.17. The summed E-state index contributed by atoms with van der Waals surface area (Å²) in [6.07, 6.45) is 0. The minimum atomic E-state index is -0.508. The van der Waals surface area contributed by atoms with Crippen LogP contribution in [0.2, 0.25) is 0 Å². The Labute approximate surface area is 124 Å². The van der Waals surface area contributed by atoms with E-state index < -0.39 is 5.82 Å². The predicted molar refractivity (Wildman–Crippen MR) is 77.4 cm³/mol. The summed E-state index contributed by atoms with van der Waals surface area (Å²) in [4.78, 5) is 0. The molecule has 7 heteroatoms. The van der Waals surface area contributed by atoms with Crippen LogP contribution in [-0.4, -0.2) is 20.8 Å². The molecule has 0 aliphatic rings. The highest BCUT2D eigenvalue weighted by Gasteiger charge is 2.14. The van der Waals surface area contributed by atoms with E-state index in [2.05, 4.69) is 26.2 Å². The molecule has 0 radical (unpaired) electrons. The number of amidine groups is 1. The van der Waals surface area contributed by atoms with Crippen molar-refractivity contribution in [1.82, 2.24) is 9.78 Å². The topological polar surface area (TPSA) is 76.4 Å². The van der Waals surface area contributed by atoms with E-state index in [1.165, 1.54) is 6.07 Å². The van der Waals surface area contributed by atoms with Crippen LogP contribution in [0.1, 0.15) is 22.5 Å². The molecule has 0 spiro atoms. The van der Waals surface area contributed by atoms with Gasteiger partial charge in [0, 0.05) is 5.56 Å². The molecule has 0 bridgehead atoms. The average molecular weight is 341 g/mol. The highest BCUT2D eigenvalue weighted by molar-refractivity contribution is 9.10. The molecule has 0 atom stereocenters. The largest absolute Gasteiger partial charge is 0.409 e. The van der Waals surface area contributed by atoms with Gasteiger partial charge in [-0.2, -0.15) is 5.10 Å². The van der Waals surface area contributed by atoms with Crippen molar-refractivity contribution in [2.24, 2.45) is 10.9 Å². The van der Waals surface area contributed by atoms with E-state index in [1.807, 2.05) is 13.8 Å². The number of nitrogens with zero attached hydrogens (tertiary/aromatic N) is 3. The molecule has 0 amide bonds. The number of hydrogen-bond donors (Lipinski definition) is 2. The number of halogens is 2. The van der Waals surface area contributed by atoms with Gasteiger partial charge in [0.2, 0.25) is 0 Å². The fourth-order valence-corrected chi connectivity index (χ4v) is 2.23. The summed E-state index contributed by atoms with van der Waals surface area (Å²) < 4.78 is 16.9. The molecule has 5 nitrogen and oxygen atoms in total. The van der Waals surface area contributed by atoms with Crippen molar-refractivity contribution >= 4 is 21.8 Å². The lowest BCUT2D eigenvalue weighted by molar-refractivity contribution is 0.318. The second-order valence-corrected chi connectivity index (χ2v) is 5.20. The van der Waals surface area contributed by atoms with Crippen molar-refractivity contribution in [2.75, 3.05) is 0 Å². The maximum atomic E-state index is 14.3. The predicted octanol–water partition coefficient (Wildman–Crippen LogP) is 2.54. The number of nitrogens with two attached hydrogens (primary N) is 1. The van der Waals surface area contributed by atoms with E-state index in [9.17, 15) is 4.39 Å². The SMILES string of the molecule is Cc1nn(Cc2cccc(/C(N)=N/O)c2F)c(C)c1Br. The monoisotopic (exact) mass is 340 g/mol. The van der Waals surface area contributed by atoms with Gasteiger partial charge >= 0.3 is 0 Å². The first-order valence-corrected chi connectivity index (χ1v) is 6.69. The highest BCUT2D eigenvalue weighted by atomic mass is 79.9. The fraction of sp³-hybridized carbons (Fsp3) is 0.231. The van der Waals surface area contributed by atoms with E-state index in [-0.39, 0.29) is 17.9 Å². The molecule has 106 valence electrons. The maximum absolute atomic E-state index is 14.3. The van der Waals surface area contributed by atoms with Crippen LogP contribution in [0.4, 0.5) is 4.39 Å². The molecule has 0 saturated heterocycles. The summed E-state index contributed by atoms with van der Waals surface area (Å²) in [5, 5.41) is 15.8. The molecule has 1 aromatic heterocycles. The third-order valence-electron chi connectivity index (χ3n) is 3.08. The summed E-state index contributed by atoms with van der Waals surface area (Å²) in [7, 11) is 0. The van der Waals surface area contributed by atoms with Crippen molar-refractivity contribution in [1.29, 1.82) is 0 Å². The van der Waals surface area contributed by atoms with Crippen molar-refractivity contribution in [3.8, 4) is 0 Å². The summed E-state index contributed by atoms with van der Waals surface area (Å²) >= 11 is 3.43. The molecule has 0 aliphatic carbocycles. The van der Waals surface area contributed by atoms with Crippen LogP contribution in [-0.2, 0) is 6.54 Å². The van der Waals surface area contributed by atoms with Crippen LogP contribution in [0, 0.1) is 19.7 Å². The van der Waals surface area contributed by atoms with E-state index >= 15 is 0 Å². The van der Waals surface area contributed by atoms with Crippen molar-refractivity contribution in [3.63, 3.8) is 0 Å². The van der Waals surface area contributed by atoms with Crippen molar-refractivity contribution in [3.05, 3.63) is 51.0 Å². The maximum Gasteiger partial charge on any atom is 0.173 e. The number of aromatic nitrogens is 2. The molecule has 2 rings (SSSR count). The normalized spacial score (nSPS) is 11.9. The summed E-state index contributed by atoms with van der Waals surface area (Å²) in [6, 6.07) is 4.77. The highest BCUT2D eigenvalue weighted by Crippen LogP contribution is 2.22. The third kappa shape index (κ3) is 2.53. The second-order valence-electron chi connectivity index (χ2n) is 4.41. The molecule has 1 heterocycles. The molecular formula is C13H14BrFN4O. The molecular weight excluding hydrogens is 327 g/mol. The smallest absolute Gasteiger partial charge is 0.173 e. The molecule has 0 unspecified atom stereocenters. The summed E-state index contributed by atoms with van der Waals surface area (Å²) in [5.41, 5.74) is 7.70. The van der Waals surface area contributed by atoms with Gasteiger partial charge in [-0.1, -0.05) is 17.3 Å². The van der Waals surface area contributed by atoms with Crippen LogP contribution in [0.5, 0.6) is 0 Å². The van der Waals surface area contributed by atoms with Crippen LogP contribution < -0.4 is 5.73 Å². The molecule has 0 fully saturated rings. The van der Waals surface area contributed by atoms with Gasteiger partial charge in [-0.25, -0.2) is 4.39 Å². The fourth-order valence-electron chi connectivity index (χ4n) is 1.94. The second kappa shape index (κ2) is 5.62. The first-order valence-electron chi connectivity index (χ1n) is 5.90. The zero-order chi connectivity index (χ0) is 14.9. The van der Waals surface area contributed by atoms with Gasteiger partial charge in [-0.3, -0.25) is 4.68 Å². The van der Waals surface area contributed by atoms with E-state index in [0.717, 1.165) is 15.9 Å². The molecule has 1 aromatic carbocycles. The Bertz CT molecular complexity index is 681. The van der Waals surface area contributed by atoms with Crippen LogP contribution in [0.3, 0.4) is 0 Å². The number of benzene rings is 1. The molecule has 2 aromatic rings. The first-order chi connectivity index (χ1) is 9.45. The third-order valence-corrected chi connectivity index (χ3v) is 4.22. The van der Waals surface area contributed by atoms with Crippen LogP contribution in [0.25, 0.3) is 0 Å². The van der Waals surface area contributed by atoms with Gasteiger partial charge in [0.15, 0.2) is 5.84 Å². The Morgan fingerprint density at radius 1 is 1.50 bits per heavy atom. The number of aryl methyl sites for hydroxylation is 1. The molecule has 0 saturated carbocycles. The Kier molecular flexibility index (Phi) is 4.08.